The van der Waals surface area contributed by atoms with Crippen molar-refractivity contribution in [2.45, 2.75) is 19.4 Å². The van der Waals surface area contributed by atoms with Crippen molar-refractivity contribution in [1.29, 1.82) is 0 Å². The number of nitrogens with zero attached hydrogens (tertiary/aromatic N) is 3. The minimum Gasteiger partial charge on any atom is -0.369 e. The Kier molecular flexibility index (Phi) is 6.37. The first kappa shape index (κ1) is 24.1. The van der Waals surface area contributed by atoms with Crippen LogP contribution in [0.4, 0.5) is 8.78 Å². The molecule has 8 nitrogen and oxygen atoms in total. The van der Waals surface area contributed by atoms with Crippen molar-refractivity contribution in [2.75, 3.05) is 12.8 Å². The summed E-state index contributed by atoms with van der Waals surface area (Å²) in [5.74, 6) is -4.35. The van der Waals surface area contributed by atoms with Gasteiger partial charge in [-0.15, -0.1) is 0 Å². The van der Waals surface area contributed by atoms with E-state index >= 15 is 0 Å². The molecule has 1 aromatic carbocycles. The van der Waals surface area contributed by atoms with Gasteiger partial charge in [-0.3, -0.25) is 9.78 Å². The molecule has 174 valence electrons. The van der Waals surface area contributed by atoms with Crippen LogP contribution in [0.25, 0.3) is 10.8 Å². The van der Waals surface area contributed by atoms with Crippen molar-refractivity contribution in [3.05, 3.63) is 77.8 Å². The molecule has 0 radical (unpaired) electrons. The zero-order valence-corrected chi connectivity index (χ0v) is 19.1. The minimum atomic E-state index is -3.88. The van der Waals surface area contributed by atoms with Crippen molar-refractivity contribution in [1.82, 2.24) is 14.6 Å². The fraction of sp³-hybridized carbons (Fsp3) is 0.227. The lowest BCUT2D eigenvalue weighted by Gasteiger charge is -2.34. The van der Waals surface area contributed by atoms with E-state index in [0.717, 1.165) is 21.2 Å². The summed E-state index contributed by atoms with van der Waals surface area (Å²) >= 11 is 0. The molecule has 1 aromatic heterocycles. The summed E-state index contributed by atoms with van der Waals surface area (Å²) in [6.45, 7) is 6.16. The van der Waals surface area contributed by atoms with E-state index in [1.165, 1.54) is 27.1 Å². The van der Waals surface area contributed by atoms with E-state index < -0.39 is 44.4 Å². The number of carbonyl (C=O) groups excluding carboxylic acids is 1. The third kappa shape index (κ3) is 4.92. The van der Waals surface area contributed by atoms with E-state index in [1.54, 1.807) is 6.07 Å². The summed E-state index contributed by atoms with van der Waals surface area (Å²) in [7, 11) is -2.67. The van der Waals surface area contributed by atoms with E-state index in [1.807, 2.05) is 24.3 Å². The van der Waals surface area contributed by atoms with E-state index in [9.17, 15) is 22.0 Å². The Morgan fingerprint density at radius 3 is 2.58 bits per heavy atom. The first-order chi connectivity index (χ1) is 15.3. The van der Waals surface area contributed by atoms with Gasteiger partial charge in [-0.25, -0.2) is 26.5 Å². The highest BCUT2D eigenvalue weighted by atomic mass is 32.2. The molecule has 3 N–H and O–H groups in total. The molecule has 2 heterocycles. The number of hydrogen-bond acceptors (Lipinski definition) is 6. The van der Waals surface area contributed by atoms with Gasteiger partial charge in [0.1, 0.15) is 11.2 Å². The number of fused-ring (bicyclic) bond motifs is 1. The zero-order chi connectivity index (χ0) is 24.6. The highest BCUT2D eigenvalue weighted by molar-refractivity contribution is 7.89. The molecule has 0 aliphatic carbocycles. The van der Waals surface area contributed by atoms with Crippen LogP contribution >= 0.6 is 0 Å². The van der Waals surface area contributed by atoms with Crippen LogP contribution in [0.3, 0.4) is 0 Å². The Bertz CT molecular complexity index is 1350. The molecule has 1 aliphatic rings. The maximum atomic E-state index is 14.8. The molecule has 33 heavy (non-hydrogen) atoms. The number of halogens is 2. The van der Waals surface area contributed by atoms with E-state index in [0.29, 0.717) is 0 Å². The van der Waals surface area contributed by atoms with Gasteiger partial charge in [-0.2, -0.15) is 0 Å². The second-order valence-corrected chi connectivity index (χ2v) is 9.81. The van der Waals surface area contributed by atoms with Crippen LogP contribution in [0.5, 0.6) is 0 Å². The van der Waals surface area contributed by atoms with Gasteiger partial charge in [0.15, 0.2) is 11.7 Å². The summed E-state index contributed by atoms with van der Waals surface area (Å²) in [6.07, 6.45) is 2.30. The monoisotopic (exact) mass is 475 g/mol. The lowest BCUT2D eigenvalue weighted by Crippen LogP contribution is -2.52. The van der Waals surface area contributed by atoms with Crippen LogP contribution in [0, 0.1) is 0 Å². The SMILES string of the molecule is C=C(/C(F)=C(F)\C=C(/C)NC(=O)c1cc2ccccc2cn1)[C@]1(C)CS(=O)(=O)N(C)C(N)=N1. The molecule has 0 fully saturated rings. The number of nitrogens with two attached hydrogens (primary N) is 1. The predicted molar refractivity (Wildman–Crippen MR) is 123 cm³/mol. The third-order valence-corrected chi connectivity index (χ3v) is 7.16. The lowest BCUT2D eigenvalue weighted by atomic mass is 9.94. The van der Waals surface area contributed by atoms with Gasteiger partial charge in [-0.1, -0.05) is 30.8 Å². The average molecular weight is 476 g/mol. The summed E-state index contributed by atoms with van der Waals surface area (Å²) in [5, 5.41) is 4.09. The van der Waals surface area contributed by atoms with Gasteiger partial charge in [-0.05, 0) is 31.4 Å². The molecule has 0 saturated heterocycles. The van der Waals surface area contributed by atoms with Crippen LogP contribution < -0.4 is 11.1 Å². The van der Waals surface area contributed by atoms with Crippen molar-refractivity contribution in [3.8, 4) is 0 Å². The molecule has 3 rings (SSSR count). The van der Waals surface area contributed by atoms with Crippen molar-refractivity contribution in [3.63, 3.8) is 0 Å². The maximum absolute atomic E-state index is 14.8. The van der Waals surface area contributed by atoms with Crippen molar-refractivity contribution < 1.29 is 22.0 Å². The van der Waals surface area contributed by atoms with Gasteiger partial charge in [0.25, 0.3) is 5.91 Å². The molecule has 2 aromatic rings. The summed E-state index contributed by atoms with van der Waals surface area (Å²) in [6, 6.07) is 8.90. The number of hydrogen-bond donors (Lipinski definition) is 2. The Morgan fingerprint density at radius 2 is 1.94 bits per heavy atom. The number of amides is 1. The fourth-order valence-corrected chi connectivity index (χ4v) is 4.69. The number of rotatable bonds is 5. The molecular weight excluding hydrogens is 452 g/mol. The number of carbonyl (C=O) groups is 1. The van der Waals surface area contributed by atoms with Gasteiger partial charge in [0, 0.05) is 29.9 Å². The number of sulfonamides is 1. The Labute approximate surface area is 190 Å². The van der Waals surface area contributed by atoms with Gasteiger partial charge >= 0.3 is 0 Å². The van der Waals surface area contributed by atoms with E-state index in [-0.39, 0.29) is 17.4 Å². The molecule has 0 bridgehead atoms. The first-order valence-electron chi connectivity index (χ1n) is 9.75. The Hall–Kier alpha value is -3.60. The molecule has 1 aliphatic heterocycles. The van der Waals surface area contributed by atoms with Crippen LogP contribution in [-0.4, -0.2) is 47.9 Å². The first-order valence-corrected chi connectivity index (χ1v) is 11.4. The largest absolute Gasteiger partial charge is 0.369 e. The van der Waals surface area contributed by atoms with Crippen LogP contribution in [0.1, 0.15) is 24.3 Å². The Morgan fingerprint density at radius 1 is 1.30 bits per heavy atom. The predicted octanol–water partition coefficient (Wildman–Crippen LogP) is 2.92. The molecular formula is C22H23F2N5O3S. The van der Waals surface area contributed by atoms with Crippen LogP contribution in [-0.2, 0) is 10.0 Å². The number of aromatic nitrogens is 1. The van der Waals surface area contributed by atoms with Gasteiger partial charge in [0.05, 0.1) is 5.75 Å². The maximum Gasteiger partial charge on any atom is 0.274 e. The molecule has 0 unspecified atom stereocenters. The van der Waals surface area contributed by atoms with Crippen LogP contribution in [0.15, 0.2) is 77.1 Å². The second kappa shape index (κ2) is 8.74. The van der Waals surface area contributed by atoms with Crippen LogP contribution in [0.2, 0.25) is 0 Å². The average Bonchev–Trinajstić information content (AvgIpc) is 2.75. The number of aliphatic imine (C=N–C) groups is 1. The molecule has 0 spiro atoms. The van der Waals surface area contributed by atoms with Crippen molar-refractivity contribution >= 4 is 32.7 Å². The number of pyridine rings is 1. The lowest BCUT2D eigenvalue weighted by molar-refractivity contribution is 0.0961. The van der Waals surface area contributed by atoms with Gasteiger partial charge < -0.3 is 11.1 Å². The molecule has 11 heteroatoms. The topological polar surface area (TPSA) is 118 Å². The quantitative estimate of drug-likeness (QED) is 0.645. The highest BCUT2D eigenvalue weighted by Crippen LogP contribution is 2.34. The molecule has 0 saturated carbocycles. The number of guanidine groups is 1. The summed E-state index contributed by atoms with van der Waals surface area (Å²) in [5.41, 5.74) is 3.54. The summed E-state index contributed by atoms with van der Waals surface area (Å²) in [4.78, 5) is 20.5. The smallest absolute Gasteiger partial charge is 0.274 e. The molecule has 1 atom stereocenters. The Balaban J connectivity index is 1.81. The third-order valence-electron chi connectivity index (χ3n) is 5.21. The summed E-state index contributed by atoms with van der Waals surface area (Å²) < 4.78 is 54.7. The highest BCUT2D eigenvalue weighted by Gasteiger charge is 2.42. The van der Waals surface area contributed by atoms with E-state index in [2.05, 4.69) is 21.9 Å². The fourth-order valence-electron chi connectivity index (χ4n) is 3.23. The number of nitrogens with one attached hydrogen (secondary N) is 1. The van der Waals surface area contributed by atoms with E-state index in [4.69, 9.17) is 5.73 Å². The van der Waals surface area contributed by atoms with Gasteiger partial charge in [0.2, 0.25) is 16.0 Å². The second-order valence-electron chi connectivity index (χ2n) is 7.81. The minimum absolute atomic E-state index is 0.000393. The number of allylic oxidation sites excluding steroid dienone is 3. The van der Waals surface area contributed by atoms with Crippen molar-refractivity contribution in [2.24, 2.45) is 10.7 Å². The molecule has 1 amide bonds. The standard InChI is InChI=1S/C22H23F2N5O3S/c1-13(27-20(30)18-10-15-7-5-6-8-16(15)11-26-18)9-17(23)19(24)14(2)22(3)12-33(31,32)29(4)21(25)28-22/h5-11H,2,12H2,1,3-4H3,(H2,25,28)(H,27,30)/b13-9+,19-17-/t22-/m0/s1. The zero-order valence-electron chi connectivity index (χ0n) is 18.3. The normalized spacial score (nSPS) is 21.3. The number of benzene rings is 1.